The van der Waals surface area contributed by atoms with E-state index in [1.807, 2.05) is 27.7 Å². The standard InChI is InChI=1S/C39H79N7O6/c1-11-29(35(40)51)45-27(4)33(49)37(6,7)52-28(5)32(34(50)39(9,13-3)43-10)46-31(48)26-38(8,12-2)30(47)24-22-20-18-16-14-15-17-19-21-23-25-44-36(41)42/h27-30,32,35,43,45,47,51H,11-26,40H2,1-10H3,(H,46,48)(H4,41,42,44)/t27?,28?,29-,30?,32?,35?,38?,39?/m1/s1. The van der Waals surface area contributed by atoms with E-state index >= 15 is 0 Å². The highest BCUT2D eigenvalue weighted by Crippen LogP contribution is 2.33. The van der Waals surface area contributed by atoms with E-state index in [1.54, 1.807) is 41.7 Å². The highest BCUT2D eigenvalue weighted by Gasteiger charge is 2.44. The average Bonchev–Trinajstić information content (AvgIpc) is 3.09. The maximum atomic E-state index is 14.0. The molecule has 0 fully saturated rings. The first-order valence-corrected chi connectivity index (χ1v) is 19.9. The lowest BCUT2D eigenvalue weighted by molar-refractivity contribution is -0.155. The second-order valence-corrected chi connectivity index (χ2v) is 15.8. The fourth-order valence-electron chi connectivity index (χ4n) is 6.67. The normalized spacial score (nSPS) is 17.9. The summed E-state index contributed by atoms with van der Waals surface area (Å²) in [6.07, 6.45) is 10.7. The van der Waals surface area contributed by atoms with Gasteiger partial charge in [-0.25, -0.2) is 0 Å². The Hall–Kier alpha value is -2.16. The minimum atomic E-state index is -1.33. The van der Waals surface area contributed by atoms with E-state index in [4.69, 9.17) is 21.9 Å². The quantitative estimate of drug-likeness (QED) is 0.0220. The third-order valence-corrected chi connectivity index (χ3v) is 11.0. The van der Waals surface area contributed by atoms with Crippen LogP contribution in [0.4, 0.5) is 0 Å². The molecule has 0 saturated heterocycles. The molecule has 306 valence electrons. The number of hydrogen-bond donors (Lipinski definition) is 8. The van der Waals surface area contributed by atoms with Gasteiger partial charge in [-0.2, -0.15) is 0 Å². The first-order chi connectivity index (χ1) is 24.2. The van der Waals surface area contributed by atoms with Crippen molar-refractivity contribution in [3.05, 3.63) is 0 Å². The molecule has 0 spiro atoms. The van der Waals surface area contributed by atoms with Crippen LogP contribution in [0.3, 0.4) is 0 Å². The van der Waals surface area contributed by atoms with Crippen molar-refractivity contribution in [3.8, 4) is 0 Å². The molecule has 0 aliphatic rings. The van der Waals surface area contributed by atoms with E-state index < -0.39 is 53.1 Å². The molecule has 0 bridgehead atoms. The Bertz CT molecular complexity index is 1060. The molecule has 13 nitrogen and oxygen atoms in total. The molecule has 0 aliphatic heterocycles. The lowest BCUT2D eigenvalue weighted by Gasteiger charge is -2.38. The number of nitrogens with one attached hydrogen (secondary N) is 3. The summed E-state index contributed by atoms with van der Waals surface area (Å²) in [5.41, 5.74) is 13.4. The number of aliphatic imine (C=N–C) groups is 1. The van der Waals surface area contributed by atoms with Gasteiger partial charge in [-0.15, -0.1) is 0 Å². The third kappa shape index (κ3) is 17.8. The van der Waals surface area contributed by atoms with Crippen molar-refractivity contribution in [3.63, 3.8) is 0 Å². The predicted octanol–water partition coefficient (Wildman–Crippen LogP) is 3.95. The first-order valence-electron chi connectivity index (χ1n) is 19.9. The number of carbonyl (C=O) groups excluding carboxylic acids is 3. The number of aliphatic hydroxyl groups is 2. The number of carbonyl (C=O) groups is 3. The minimum Gasteiger partial charge on any atom is -0.393 e. The monoisotopic (exact) mass is 742 g/mol. The smallest absolute Gasteiger partial charge is 0.221 e. The maximum Gasteiger partial charge on any atom is 0.221 e. The molecule has 1 amide bonds. The molecule has 13 heteroatoms. The number of nitrogens with two attached hydrogens (primary N) is 3. The molecule has 0 radical (unpaired) electrons. The molecule has 0 aromatic heterocycles. The van der Waals surface area contributed by atoms with E-state index in [2.05, 4.69) is 20.9 Å². The summed E-state index contributed by atoms with van der Waals surface area (Å²) in [5, 5.41) is 30.3. The van der Waals surface area contributed by atoms with Gasteiger partial charge in [0.1, 0.15) is 17.9 Å². The second kappa shape index (κ2) is 25.0. The number of nitrogens with zero attached hydrogens (tertiary/aromatic N) is 1. The van der Waals surface area contributed by atoms with Crippen LogP contribution in [0.1, 0.15) is 159 Å². The molecule has 0 heterocycles. The Morgan fingerprint density at radius 1 is 0.808 bits per heavy atom. The molecular formula is C39H79N7O6. The van der Waals surface area contributed by atoms with Crippen LogP contribution in [-0.2, 0) is 19.1 Å². The zero-order valence-corrected chi connectivity index (χ0v) is 34.5. The van der Waals surface area contributed by atoms with Gasteiger partial charge < -0.3 is 48.1 Å². The summed E-state index contributed by atoms with van der Waals surface area (Å²) < 4.78 is 6.29. The Morgan fingerprint density at radius 2 is 1.33 bits per heavy atom. The number of hydrogen-bond acceptors (Lipinski definition) is 10. The summed E-state index contributed by atoms with van der Waals surface area (Å²) >= 11 is 0. The SMILES string of the molecule is CC[C@@H](NC(C)C(=O)C(C)(C)OC(C)C(NC(=O)CC(C)(CC)C(O)CCCCCCCCCCCCN=C(N)N)C(=O)C(C)(CC)NC)C(N)O. The molecule has 52 heavy (non-hydrogen) atoms. The number of Topliss-reactive ketones (excluding diaryl/α,β-unsaturated/α-hetero) is 2. The summed E-state index contributed by atoms with van der Waals surface area (Å²) in [5.74, 6) is -0.739. The van der Waals surface area contributed by atoms with Crippen LogP contribution >= 0.6 is 0 Å². The Balaban J connectivity index is 5.35. The summed E-state index contributed by atoms with van der Waals surface area (Å²) in [6, 6.07) is -2.23. The summed E-state index contributed by atoms with van der Waals surface area (Å²) in [6.45, 7) is 16.8. The van der Waals surface area contributed by atoms with Gasteiger partial charge in [0.2, 0.25) is 5.91 Å². The Kier molecular flexibility index (Phi) is 24.0. The second-order valence-electron chi connectivity index (χ2n) is 15.8. The fraction of sp³-hybridized carbons (Fsp3) is 0.897. The van der Waals surface area contributed by atoms with Gasteiger partial charge in [0.25, 0.3) is 0 Å². The van der Waals surface area contributed by atoms with Crippen LogP contribution in [0.2, 0.25) is 0 Å². The maximum absolute atomic E-state index is 14.0. The highest BCUT2D eigenvalue weighted by molar-refractivity contribution is 5.96. The molecular weight excluding hydrogens is 662 g/mol. The van der Waals surface area contributed by atoms with Crippen LogP contribution < -0.4 is 33.2 Å². The number of ether oxygens (including phenoxy) is 1. The van der Waals surface area contributed by atoms with E-state index in [1.165, 1.54) is 32.1 Å². The van der Waals surface area contributed by atoms with E-state index in [0.717, 1.165) is 32.1 Å². The summed E-state index contributed by atoms with van der Waals surface area (Å²) in [7, 11) is 1.70. The number of ketones is 2. The van der Waals surface area contributed by atoms with Crippen LogP contribution in [0, 0.1) is 5.41 Å². The average molecular weight is 742 g/mol. The van der Waals surface area contributed by atoms with Crippen molar-refractivity contribution in [1.82, 2.24) is 16.0 Å². The predicted molar refractivity (Wildman–Crippen MR) is 212 cm³/mol. The van der Waals surface area contributed by atoms with Gasteiger partial charge >= 0.3 is 0 Å². The number of amides is 1. The third-order valence-electron chi connectivity index (χ3n) is 11.0. The van der Waals surface area contributed by atoms with Gasteiger partial charge in [0.05, 0.1) is 23.8 Å². The zero-order chi connectivity index (χ0) is 40.1. The van der Waals surface area contributed by atoms with E-state index in [0.29, 0.717) is 32.2 Å². The zero-order valence-electron chi connectivity index (χ0n) is 34.5. The van der Waals surface area contributed by atoms with Gasteiger partial charge in [-0.3, -0.25) is 19.4 Å². The van der Waals surface area contributed by atoms with Gasteiger partial charge in [0.15, 0.2) is 17.5 Å². The largest absolute Gasteiger partial charge is 0.393 e. The number of guanidine groups is 1. The first kappa shape index (κ1) is 49.8. The lowest BCUT2D eigenvalue weighted by Crippen LogP contribution is -2.62. The minimum absolute atomic E-state index is 0.0403. The van der Waals surface area contributed by atoms with Gasteiger partial charge in [-0.05, 0) is 73.8 Å². The molecule has 7 unspecified atom stereocenters. The molecule has 11 N–H and O–H groups in total. The van der Waals surface area contributed by atoms with E-state index in [-0.39, 0.29) is 29.9 Å². The molecule has 0 aromatic carbocycles. The van der Waals surface area contributed by atoms with Crippen molar-refractivity contribution in [2.24, 2.45) is 27.6 Å². The van der Waals surface area contributed by atoms with Crippen molar-refractivity contribution >= 4 is 23.4 Å². The number of aliphatic hydroxyl groups excluding tert-OH is 2. The molecule has 8 atom stereocenters. The highest BCUT2D eigenvalue weighted by atomic mass is 16.5. The van der Waals surface area contributed by atoms with Crippen LogP contribution in [-0.4, -0.2) is 94.9 Å². The van der Waals surface area contributed by atoms with Crippen LogP contribution in [0.15, 0.2) is 4.99 Å². The topological polar surface area (TPSA) is 227 Å². The Labute approximate surface area is 315 Å². The fourth-order valence-corrected chi connectivity index (χ4v) is 6.67. The number of rotatable bonds is 31. The van der Waals surface area contributed by atoms with Crippen molar-refractivity contribution in [2.75, 3.05) is 13.6 Å². The van der Waals surface area contributed by atoms with E-state index in [9.17, 15) is 24.6 Å². The number of unbranched alkanes of at least 4 members (excludes halogenated alkanes) is 9. The molecule has 0 rings (SSSR count). The lowest BCUT2D eigenvalue weighted by atomic mass is 9.76. The molecule has 0 saturated carbocycles. The van der Waals surface area contributed by atoms with Crippen LogP contribution in [0.25, 0.3) is 0 Å². The van der Waals surface area contributed by atoms with Crippen molar-refractivity contribution in [2.45, 2.75) is 206 Å². The van der Waals surface area contributed by atoms with Crippen LogP contribution in [0.5, 0.6) is 0 Å². The summed E-state index contributed by atoms with van der Waals surface area (Å²) in [4.78, 5) is 45.2. The van der Waals surface area contributed by atoms with Crippen molar-refractivity contribution in [1.29, 1.82) is 0 Å². The van der Waals surface area contributed by atoms with Gasteiger partial charge in [-0.1, -0.05) is 85.5 Å². The Morgan fingerprint density at radius 3 is 1.77 bits per heavy atom. The number of likely N-dealkylation sites (N-methyl/N-ethyl adjacent to an activating group) is 1. The molecule has 0 aliphatic carbocycles. The molecule has 0 aromatic rings. The van der Waals surface area contributed by atoms with Gasteiger partial charge in [0, 0.05) is 24.4 Å². The van der Waals surface area contributed by atoms with Crippen molar-refractivity contribution < 1.29 is 29.3 Å².